The quantitative estimate of drug-likeness (QED) is 0.813. The normalized spacial score (nSPS) is 12.7. The van der Waals surface area contributed by atoms with Gasteiger partial charge < -0.3 is 14.6 Å². The standard InChI is InChI=1S/C11H22N4O3S/c1-11(2,3)12-8-9-13-14-10(18-9)15(4)6-7-19(5,16)17/h12H,6-8H2,1-5H3. The van der Waals surface area contributed by atoms with E-state index in [4.69, 9.17) is 4.42 Å². The topological polar surface area (TPSA) is 88.3 Å². The molecular formula is C11H22N4O3S. The van der Waals surface area contributed by atoms with Crippen molar-refractivity contribution in [2.24, 2.45) is 0 Å². The van der Waals surface area contributed by atoms with E-state index < -0.39 is 9.84 Å². The predicted molar refractivity (Wildman–Crippen MR) is 73.9 cm³/mol. The van der Waals surface area contributed by atoms with Crippen LogP contribution in [0.4, 0.5) is 6.01 Å². The number of sulfone groups is 1. The van der Waals surface area contributed by atoms with Gasteiger partial charge in [-0.05, 0) is 20.8 Å². The molecule has 0 amide bonds. The molecule has 1 aromatic rings. The van der Waals surface area contributed by atoms with E-state index in [0.717, 1.165) is 0 Å². The molecule has 0 bridgehead atoms. The van der Waals surface area contributed by atoms with E-state index in [9.17, 15) is 8.42 Å². The van der Waals surface area contributed by atoms with E-state index >= 15 is 0 Å². The lowest BCUT2D eigenvalue weighted by Gasteiger charge is -2.18. The van der Waals surface area contributed by atoms with Gasteiger partial charge in [0.05, 0.1) is 12.3 Å². The summed E-state index contributed by atoms with van der Waals surface area (Å²) in [5.41, 5.74) is -0.0309. The van der Waals surface area contributed by atoms with E-state index in [1.54, 1.807) is 11.9 Å². The minimum atomic E-state index is -2.99. The molecule has 0 unspecified atom stereocenters. The fourth-order valence-corrected chi connectivity index (χ4v) is 1.82. The van der Waals surface area contributed by atoms with Crippen molar-refractivity contribution in [3.05, 3.63) is 5.89 Å². The summed E-state index contributed by atoms with van der Waals surface area (Å²) in [5, 5.41) is 11.0. The molecule has 0 aliphatic rings. The number of nitrogens with zero attached hydrogens (tertiary/aromatic N) is 3. The maximum absolute atomic E-state index is 11.1. The lowest BCUT2D eigenvalue weighted by molar-refractivity contribution is 0.381. The van der Waals surface area contributed by atoms with Crippen molar-refractivity contribution < 1.29 is 12.8 Å². The highest BCUT2D eigenvalue weighted by Gasteiger charge is 2.15. The largest absolute Gasteiger partial charge is 0.407 e. The second kappa shape index (κ2) is 5.87. The Morgan fingerprint density at radius 2 is 1.95 bits per heavy atom. The zero-order valence-electron chi connectivity index (χ0n) is 12.1. The van der Waals surface area contributed by atoms with E-state index in [1.807, 2.05) is 20.8 Å². The van der Waals surface area contributed by atoms with Crippen molar-refractivity contribution in [2.45, 2.75) is 32.9 Å². The summed E-state index contributed by atoms with van der Waals surface area (Å²) in [6.45, 7) is 6.94. The third kappa shape index (κ3) is 6.53. The zero-order valence-corrected chi connectivity index (χ0v) is 12.9. The highest BCUT2D eigenvalue weighted by Crippen LogP contribution is 2.11. The Hall–Kier alpha value is -1.15. The van der Waals surface area contributed by atoms with Gasteiger partial charge in [0.25, 0.3) is 0 Å². The fraction of sp³-hybridized carbons (Fsp3) is 0.818. The molecule has 7 nitrogen and oxygen atoms in total. The van der Waals surface area contributed by atoms with Gasteiger partial charge in [-0.15, -0.1) is 5.10 Å². The van der Waals surface area contributed by atoms with Crippen LogP contribution in [0.25, 0.3) is 0 Å². The van der Waals surface area contributed by atoms with Gasteiger partial charge in [0.1, 0.15) is 9.84 Å². The Kier molecular flexibility index (Phi) is 4.92. The molecule has 0 spiro atoms. The van der Waals surface area contributed by atoms with Crippen LogP contribution < -0.4 is 10.2 Å². The first-order valence-electron chi connectivity index (χ1n) is 6.03. The summed E-state index contributed by atoms with van der Waals surface area (Å²) in [6.07, 6.45) is 1.20. The van der Waals surface area contributed by atoms with Crippen molar-refractivity contribution in [3.8, 4) is 0 Å². The highest BCUT2D eigenvalue weighted by atomic mass is 32.2. The van der Waals surface area contributed by atoms with Gasteiger partial charge in [-0.25, -0.2) is 8.42 Å². The summed E-state index contributed by atoms with van der Waals surface area (Å²) in [7, 11) is -1.27. The van der Waals surface area contributed by atoms with Gasteiger partial charge in [-0.3, -0.25) is 0 Å². The molecule has 19 heavy (non-hydrogen) atoms. The monoisotopic (exact) mass is 290 g/mol. The number of hydrogen-bond acceptors (Lipinski definition) is 7. The van der Waals surface area contributed by atoms with Gasteiger partial charge in [0.15, 0.2) is 0 Å². The Morgan fingerprint density at radius 1 is 1.32 bits per heavy atom. The molecule has 1 heterocycles. The molecule has 0 fully saturated rings. The first-order chi connectivity index (χ1) is 8.57. The summed E-state index contributed by atoms with van der Waals surface area (Å²) in [4.78, 5) is 1.63. The molecule has 0 aliphatic heterocycles. The number of nitrogens with one attached hydrogen (secondary N) is 1. The molecule has 1 N–H and O–H groups in total. The van der Waals surface area contributed by atoms with E-state index in [1.165, 1.54) is 6.26 Å². The molecule has 0 aliphatic carbocycles. The first kappa shape index (κ1) is 15.9. The van der Waals surface area contributed by atoms with Crippen LogP contribution in [0, 0.1) is 0 Å². The first-order valence-corrected chi connectivity index (χ1v) is 8.09. The summed E-state index contributed by atoms with van der Waals surface area (Å²) in [6, 6.07) is 0.328. The molecule has 0 radical (unpaired) electrons. The lowest BCUT2D eigenvalue weighted by Crippen LogP contribution is -2.35. The molecular weight excluding hydrogens is 268 g/mol. The second-order valence-corrected chi connectivity index (χ2v) is 7.89. The van der Waals surface area contributed by atoms with Crippen LogP contribution >= 0.6 is 0 Å². The Morgan fingerprint density at radius 3 is 2.47 bits per heavy atom. The fourth-order valence-electron chi connectivity index (χ4n) is 1.21. The Bertz CT molecular complexity index is 504. The number of anilines is 1. The minimum Gasteiger partial charge on any atom is -0.407 e. The van der Waals surface area contributed by atoms with Crippen molar-refractivity contribution >= 4 is 15.9 Å². The number of hydrogen-bond donors (Lipinski definition) is 1. The predicted octanol–water partition coefficient (Wildman–Crippen LogP) is 0.439. The van der Waals surface area contributed by atoms with Gasteiger partial charge in [0.2, 0.25) is 5.89 Å². The molecule has 0 atom stereocenters. The van der Waals surface area contributed by atoms with Crippen molar-refractivity contribution in [1.29, 1.82) is 0 Å². The molecule has 110 valence electrons. The third-order valence-electron chi connectivity index (χ3n) is 2.35. The number of rotatable bonds is 6. The maximum Gasteiger partial charge on any atom is 0.317 e. The van der Waals surface area contributed by atoms with Gasteiger partial charge in [0, 0.05) is 25.4 Å². The van der Waals surface area contributed by atoms with Crippen molar-refractivity contribution in [3.63, 3.8) is 0 Å². The van der Waals surface area contributed by atoms with Crippen LogP contribution in [0.5, 0.6) is 0 Å². The average Bonchev–Trinajstić information content (AvgIpc) is 2.69. The average molecular weight is 290 g/mol. The zero-order chi connectivity index (χ0) is 14.7. The highest BCUT2D eigenvalue weighted by molar-refractivity contribution is 7.90. The SMILES string of the molecule is CN(CCS(C)(=O)=O)c1nnc(CNC(C)(C)C)o1. The van der Waals surface area contributed by atoms with E-state index in [2.05, 4.69) is 15.5 Å². The van der Waals surface area contributed by atoms with Crippen LogP contribution in [0.2, 0.25) is 0 Å². The van der Waals surface area contributed by atoms with Gasteiger partial charge in [-0.2, -0.15) is 0 Å². The lowest BCUT2D eigenvalue weighted by atomic mass is 10.1. The van der Waals surface area contributed by atoms with Crippen molar-refractivity contribution in [1.82, 2.24) is 15.5 Å². The Labute approximate surface area is 114 Å². The molecule has 1 rings (SSSR count). The summed E-state index contributed by atoms with van der Waals surface area (Å²) < 4.78 is 27.6. The van der Waals surface area contributed by atoms with Crippen LogP contribution in [-0.4, -0.2) is 49.8 Å². The van der Waals surface area contributed by atoms with E-state index in [-0.39, 0.29) is 11.3 Å². The van der Waals surface area contributed by atoms with E-state index in [0.29, 0.717) is 25.0 Å². The maximum atomic E-state index is 11.1. The third-order valence-corrected chi connectivity index (χ3v) is 3.27. The van der Waals surface area contributed by atoms with Crippen molar-refractivity contribution in [2.75, 3.05) is 30.5 Å². The minimum absolute atomic E-state index is 0.0309. The molecule has 0 saturated heterocycles. The Balaban J connectivity index is 2.54. The molecule has 0 saturated carbocycles. The smallest absolute Gasteiger partial charge is 0.317 e. The number of aromatic nitrogens is 2. The van der Waals surface area contributed by atoms with Crippen LogP contribution in [0.1, 0.15) is 26.7 Å². The van der Waals surface area contributed by atoms with Crippen LogP contribution in [0.3, 0.4) is 0 Å². The molecule has 1 aromatic heterocycles. The van der Waals surface area contributed by atoms with Crippen LogP contribution in [0.15, 0.2) is 4.42 Å². The molecule has 8 heteroatoms. The van der Waals surface area contributed by atoms with Gasteiger partial charge >= 0.3 is 6.01 Å². The van der Waals surface area contributed by atoms with Crippen LogP contribution in [-0.2, 0) is 16.4 Å². The van der Waals surface area contributed by atoms with Gasteiger partial charge in [-0.1, -0.05) is 5.10 Å². The summed E-state index contributed by atoms with van der Waals surface area (Å²) in [5.74, 6) is 0.540. The second-order valence-electron chi connectivity index (χ2n) is 5.63. The molecule has 0 aromatic carbocycles. The summed E-state index contributed by atoms with van der Waals surface area (Å²) >= 11 is 0.